The van der Waals surface area contributed by atoms with Crippen molar-refractivity contribution >= 4 is 78.3 Å². The minimum absolute atomic E-state index is 0.644. The van der Waals surface area contributed by atoms with E-state index in [-0.39, 0.29) is 0 Å². The number of furan rings is 1. The number of nitrogens with zero attached hydrogens (tertiary/aromatic N) is 12. The molecule has 0 bridgehead atoms. The van der Waals surface area contributed by atoms with Gasteiger partial charge in [-0.15, -0.1) is 16.4 Å². The summed E-state index contributed by atoms with van der Waals surface area (Å²) in [6.07, 6.45) is 27.0. The third-order valence-corrected chi connectivity index (χ3v) is 13.7. The highest BCUT2D eigenvalue weighted by atomic mass is 32.1. The maximum atomic E-state index is 5.24. The van der Waals surface area contributed by atoms with Crippen LogP contribution in [0.5, 0.6) is 5.75 Å². The first kappa shape index (κ1) is 87.7. The summed E-state index contributed by atoms with van der Waals surface area (Å²) in [7, 11) is 0. The fourth-order valence-electron chi connectivity index (χ4n) is 8.71. The van der Waals surface area contributed by atoms with Crippen molar-refractivity contribution in [2.75, 3.05) is 6.61 Å². The zero-order valence-electron chi connectivity index (χ0n) is 62.8. The Morgan fingerprint density at radius 3 is 1.75 bits per heavy atom. The average molecular weight is 1370 g/mol. The molecule has 0 atom stereocenters. The van der Waals surface area contributed by atoms with Crippen LogP contribution in [0.15, 0.2) is 255 Å². The summed E-state index contributed by atoms with van der Waals surface area (Å²) < 4.78 is 16.2. The summed E-state index contributed by atoms with van der Waals surface area (Å²) in [5.74, 6) is 0.956. The Balaban J connectivity index is 0.000000547. The molecular formula is C84H110N12O3S. The lowest BCUT2D eigenvalue weighted by Gasteiger charge is -1.93. The highest BCUT2D eigenvalue weighted by molar-refractivity contribution is 7.16. The Labute approximate surface area is 601 Å². The summed E-state index contributed by atoms with van der Waals surface area (Å²) in [6, 6.07) is 56.2. The van der Waals surface area contributed by atoms with Crippen molar-refractivity contribution < 1.29 is 13.7 Å². The van der Waals surface area contributed by atoms with Crippen molar-refractivity contribution in [1.82, 2.24) is 45.3 Å². The number of allylic oxidation sites excluding steroid dienone is 1. The van der Waals surface area contributed by atoms with Crippen LogP contribution in [0.2, 0.25) is 0 Å². The van der Waals surface area contributed by atoms with Gasteiger partial charge in [-0.3, -0.25) is 24.9 Å². The number of aliphatic imine (C=N–C) groups is 1. The van der Waals surface area contributed by atoms with Gasteiger partial charge in [-0.25, -0.2) is 15.0 Å². The molecule has 8 aromatic heterocycles. The predicted octanol–water partition coefficient (Wildman–Crippen LogP) is 24.7. The number of azo groups is 1. The highest BCUT2D eigenvalue weighted by Gasteiger charge is 2.11. The molecule has 5 aromatic carbocycles. The number of aromatic nitrogens is 9. The summed E-state index contributed by atoms with van der Waals surface area (Å²) in [4.78, 5) is 32.4. The van der Waals surface area contributed by atoms with Gasteiger partial charge in [-0.2, -0.15) is 10.2 Å². The lowest BCUT2D eigenvalue weighted by atomic mass is 10.1. The number of thiazole rings is 1. The van der Waals surface area contributed by atoms with Crippen LogP contribution in [0.3, 0.4) is 0 Å². The van der Waals surface area contributed by atoms with Crippen molar-refractivity contribution in [3.63, 3.8) is 0 Å². The van der Waals surface area contributed by atoms with E-state index in [4.69, 9.17) is 13.7 Å². The van der Waals surface area contributed by atoms with Gasteiger partial charge in [0.15, 0.2) is 5.58 Å². The lowest BCUT2D eigenvalue weighted by molar-refractivity contribution is 0.355. The van der Waals surface area contributed by atoms with Crippen molar-refractivity contribution in [2.24, 2.45) is 15.2 Å². The van der Waals surface area contributed by atoms with Gasteiger partial charge in [0.25, 0.3) is 0 Å². The molecule has 0 spiro atoms. The van der Waals surface area contributed by atoms with Crippen molar-refractivity contribution in [3.05, 3.63) is 270 Å². The molecule has 18 rings (SSSR count). The number of ether oxygens (including phenoxy) is 1. The number of para-hydroxylation sites is 4. The quantitative estimate of drug-likeness (QED) is 0.140. The number of fused-ring (bicyclic) bond motifs is 9. The van der Waals surface area contributed by atoms with E-state index in [1.807, 2.05) is 264 Å². The second-order valence-corrected chi connectivity index (χ2v) is 19.2. The van der Waals surface area contributed by atoms with E-state index in [2.05, 4.69) is 127 Å². The second-order valence-electron chi connectivity index (χ2n) is 18.3. The normalized spacial score (nSPS) is 10.7. The molecule has 0 unspecified atom stereocenters. The molecule has 0 radical (unpaired) electrons. The molecule has 3 aliphatic heterocycles. The van der Waals surface area contributed by atoms with Crippen LogP contribution in [0.1, 0.15) is 170 Å². The Bertz CT molecular complexity index is 3620. The van der Waals surface area contributed by atoms with Crippen molar-refractivity contribution in [2.45, 2.75) is 170 Å². The Morgan fingerprint density at radius 2 is 1.06 bits per heavy atom. The summed E-state index contributed by atoms with van der Waals surface area (Å²) in [6.45, 7) is 37.5. The predicted molar refractivity (Wildman–Crippen MR) is 427 cm³/mol. The van der Waals surface area contributed by atoms with E-state index in [9.17, 15) is 0 Å². The van der Waals surface area contributed by atoms with E-state index in [0.29, 0.717) is 12.3 Å². The van der Waals surface area contributed by atoms with Crippen molar-refractivity contribution in [3.8, 4) is 5.75 Å². The second kappa shape index (κ2) is 58.8. The van der Waals surface area contributed by atoms with Crippen LogP contribution in [-0.2, 0) is 38.6 Å². The summed E-state index contributed by atoms with van der Waals surface area (Å²) >= 11 is 1.68. The minimum atomic E-state index is 0.644. The Kier molecular flexibility index (Phi) is 51.6. The maximum Gasteiger partial charge on any atom is 0.228 e. The molecule has 0 saturated carbocycles. The fraction of sp³-hybridized carbons (Fsp3) is 0.310. The van der Waals surface area contributed by atoms with Crippen molar-refractivity contribution in [1.29, 1.82) is 0 Å². The number of pyridine rings is 4. The monoisotopic (exact) mass is 1370 g/mol. The molecule has 100 heavy (non-hydrogen) atoms. The van der Waals surface area contributed by atoms with E-state index < -0.39 is 0 Å². The number of rotatable bonds is 0. The first-order valence-corrected chi connectivity index (χ1v) is 36.6. The van der Waals surface area contributed by atoms with Crippen LogP contribution >= 0.6 is 11.3 Å². The van der Waals surface area contributed by atoms with E-state index in [1.165, 1.54) is 69.2 Å². The highest BCUT2D eigenvalue weighted by Crippen LogP contribution is 2.25. The first-order valence-electron chi connectivity index (χ1n) is 35.7. The van der Waals surface area contributed by atoms with Crippen LogP contribution < -0.4 is 4.74 Å². The van der Waals surface area contributed by atoms with Crippen LogP contribution in [0.25, 0.3) is 49.4 Å². The Hall–Kier alpha value is -10.3. The standard InChI is InChI=1S/C9H7N.C9H8.C8H9N.C8H7N.C7H7NO.C7H5NS.C6H5N3.2C6H4N2O.9C2H6/c1-2-6-9-8(4-1)5-3-7-10-9;1-2-5-9-7-3-6-8(9)4-1;1-3-7-4-2-6-9-8(7)5-1;1-2-4-8-7(3-1)5-6-9-8;1-3-8-5-7-6(1)2-4-9-7;1-2-4-7-6(3-1)8-5-9-7;1-2-5-6(7-3-1)4-8-9-5;1-2-9-6-5(1)3-7-4-8-6;1-2-4-6-5(3-1)7-8-9-6;9*1-2/h1-7H;1-6H,7H2;2,4,6H,1,3,5H2;1-4,6H,5H2;1,3,5H,2,4H2;1-5H;1-3H,4H2;2*1-4H;9*1-2H3. The van der Waals surface area contributed by atoms with E-state index in [1.54, 1.807) is 42.4 Å². The first-order chi connectivity index (χ1) is 49.7. The molecule has 0 amide bonds. The van der Waals surface area contributed by atoms with Gasteiger partial charge in [-0.05, 0) is 121 Å². The molecule has 15 nitrogen and oxygen atoms in total. The van der Waals surface area contributed by atoms with E-state index in [0.717, 1.165) is 76.2 Å². The zero-order chi connectivity index (χ0) is 73.6. The average Bonchev–Trinajstić information content (AvgIpc) is 2.31. The van der Waals surface area contributed by atoms with Gasteiger partial charge in [0.1, 0.15) is 29.8 Å². The number of benzene rings is 5. The maximum absolute atomic E-state index is 5.24. The third-order valence-electron chi connectivity index (χ3n) is 12.9. The van der Waals surface area contributed by atoms with Crippen LogP contribution in [0.4, 0.5) is 11.4 Å². The molecule has 16 heteroatoms. The lowest BCUT2D eigenvalue weighted by Crippen LogP contribution is -1.85. The van der Waals surface area contributed by atoms with Gasteiger partial charge in [-0.1, -0.05) is 234 Å². The molecule has 0 saturated heterocycles. The molecule has 0 N–H and O–H groups in total. The van der Waals surface area contributed by atoms with Gasteiger partial charge in [0.2, 0.25) is 5.71 Å². The molecule has 530 valence electrons. The van der Waals surface area contributed by atoms with Gasteiger partial charge < -0.3 is 13.7 Å². The van der Waals surface area contributed by atoms with Crippen LogP contribution in [0, 0.1) is 0 Å². The summed E-state index contributed by atoms with van der Waals surface area (Å²) in [5.41, 5.74) is 17.5. The van der Waals surface area contributed by atoms with E-state index >= 15 is 0 Å². The Morgan fingerprint density at radius 1 is 0.440 bits per heavy atom. The molecule has 5 aliphatic rings. The molecule has 2 aliphatic carbocycles. The molecule has 0 fully saturated rings. The van der Waals surface area contributed by atoms with Gasteiger partial charge >= 0.3 is 0 Å². The smallest absolute Gasteiger partial charge is 0.228 e. The summed E-state index contributed by atoms with van der Waals surface area (Å²) in [5, 5.41) is 16.9. The molecule has 11 heterocycles. The number of hydrogen-bond donors (Lipinski definition) is 0. The number of aryl methyl sites for hydroxylation is 2. The third kappa shape index (κ3) is 31.9. The molecule has 13 aromatic rings. The van der Waals surface area contributed by atoms with Gasteiger partial charge in [0, 0.05) is 72.0 Å². The topological polar surface area (TPSA) is 189 Å². The number of hydrogen-bond acceptors (Lipinski definition) is 16. The zero-order valence-corrected chi connectivity index (χ0v) is 63.6. The molecular weight excluding hydrogens is 1260 g/mol. The SMILES string of the molecule is C1=Cc2ccccc2C1.C1=Nc2ccccc2C1.CC.CC.CC.CC.CC.CC.CC.CC.CC.c1cc2c(cn1)OCC2.c1ccc2ncccc2c1.c1ccc2onnc2c1.c1ccc2scnc2c1.c1cnc2c(c1)CCC2.c1cnc2c(c1)N=NC2.c1ncc2ccoc2n1. The fourth-order valence-corrected chi connectivity index (χ4v) is 9.39. The van der Waals surface area contributed by atoms with Gasteiger partial charge in [0.05, 0.1) is 57.1 Å². The largest absolute Gasteiger partial charge is 0.491 e. The van der Waals surface area contributed by atoms with Crippen LogP contribution in [-0.4, -0.2) is 58.1 Å². The minimum Gasteiger partial charge on any atom is -0.491 e.